The average Bonchev–Trinajstić information content (AvgIpc) is 2.83. The highest BCUT2D eigenvalue weighted by atomic mass is 16.2. The fourth-order valence-electron chi connectivity index (χ4n) is 3.54. The lowest BCUT2D eigenvalue weighted by molar-refractivity contribution is -1.02. The number of nitrogens with zero attached hydrogens (tertiary/aromatic N) is 1. The van der Waals surface area contributed by atoms with E-state index in [1.165, 1.54) is 9.80 Å². The molecule has 0 spiro atoms. The molecule has 0 aromatic heterocycles. The lowest BCUT2D eigenvalue weighted by Gasteiger charge is -2.31. The van der Waals surface area contributed by atoms with Gasteiger partial charge in [0.25, 0.3) is 5.91 Å². The second kappa shape index (κ2) is 6.18. The number of hydrogen-bond acceptors (Lipinski definition) is 2. The lowest BCUT2D eigenvalue weighted by Crippen LogP contribution is -3.29. The van der Waals surface area contributed by atoms with Gasteiger partial charge in [0.15, 0.2) is 6.04 Å². The molecule has 5 nitrogen and oxygen atoms in total. The van der Waals surface area contributed by atoms with Crippen LogP contribution >= 0.6 is 0 Å². The highest BCUT2D eigenvalue weighted by Gasteiger charge is 2.46. The Kier molecular flexibility index (Phi) is 4.27. The maximum Gasteiger partial charge on any atom is 0.292 e. The van der Waals surface area contributed by atoms with E-state index in [0.29, 0.717) is 12.1 Å². The van der Waals surface area contributed by atoms with E-state index in [9.17, 15) is 9.59 Å². The zero-order valence-electron chi connectivity index (χ0n) is 13.4. The number of benzene rings is 1. The van der Waals surface area contributed by atoms with Crippen LogP contribution in [0.2, 0.25) is 0 Å². The molecule has 118 valence electrons. The van der Waals surface area contributed by atoms with Crippen molar-refractivity contribution in [2.45, 2.75) is 26.3 Å². The molecule has 0 saturated carbocycles. The second-order valence-corrected chi connectivity index (χ2v) is 6.42. The third-order valence-corrected chi connectivity index (χ3v) is 5.03. The minimum atomic E-state index is -0.188. The van der Waals surface area contributed by atoms with Crippen LogP contribution in [0.1, 0.15) is 18.9 Å². The van der Waals surface area contributed by atoms with E-state index in [-0.39, 0.29) is 17.9 Å². The molecule has 22 heavy (non-hydrogen) atoms. The first-order chi connectivity index (χ1) is 10.6. The van der Waals surface area contributed by atoms with Gasteiger partial charge < -0.3 is 9.80 Å². The summed E-state index contributed by atoms with van der Waals surface area (Å²) in [5.41, 5.74) is 1.84. The molecule has 2 saturated heterocycles. The number of quaternary nitrogens is 2. The molecule has 2 heterocycles. The third kappa shape index (κ3) is 2.78. The number of nitrogens with one attached hydrogen (secondary N) is 2. The van der Waals surface area contributed by atoms with Crippen LogP contribution < -0.4 is 14.7 Å². The van der Waals surface area contributed by atoms with E-state index in [4.69, 9.17) is 0 Å². The van der Waals surface area contributed by atoms with Gasteiger partial charge >= 0.3 is 0 Å². The number of hydrogen-bond donors (Lipinski definition) is 2. The summed E-state index contributed by atoms with van der Waals surface area (Å²) < 4.78 is 0. The summed E-state index contributed by atoms with van der Waals surface area (Å²) in [6.45, 7) is 9.48. The number of amides is 2. The topological polar surface area (TPSA) is 46.3 Å². The first-order valence-corrected chi connectivity index (χ1v) is 8.21. The SMILES string of the molecule is CC[NH+]1CC[NH+](C2CC(=O)N(c3ccc(C)cc3)C2=O)CC1. The van der Waals surface area contributed by atoms with Gasteiger partial charge in [0.1, 0.15) is 26.2 Å². The van der Waals surface area contributed by atoms with Crippen LogP contribution in [-0.4, -0.2) is 50.6 Å². The maximum absolute atomic E-state index is 12.7. The Bertz CT molecular complexity index is 562. The van der Waals surface area contributed by atoms with Gasteiger partial charge in [0.05, 0.1) is 18.7 Å². The monoisotopic (exact) mass is 303 g/mol. The number of imide groups is 1. The summed E-state index contributed by atoms with van der Waals surface area (Å²) in [7, 11) is 0. The number of likely N-dealkylation sites (N-methyl/N-ethyl adjacent to an activating group) is 1. The number of carbonyl (C=O) groups is 2. The van der Waals surface area contributed by atoms with E-state index in [2.05, 4.69) is 6.92 Å². The fraction of sp³-hybridized carbons (Fsp3) is 0.529. The van der Waals surface area contributed by atoms with Gasteiger partial charge in [0.2, 0.25) is 5.91 Å². The van der Waals surface area contributed by atoms with Crippen LogP contribution in [0.25, 0.3) is 0 Å². The molecule has 0 radical (unpaired) electrons. The van der Waals surface area contributed by atoms with Crippen molar-refractivity contribution in [2.75, 3.05) is 37.6 Å². The summed E-state index contributed by atoms with van der Waals surface area (Å²) >= 11 is 0. The molecular formula is C17H25N3O2+2. The number of anilines is 1. The molecule has 2 N–H and O–H groups in total. The smallest absolute Gasteiger partial charge is 0.292 e. The van der Waals surface area contributed by atoms with Crippen molar-refractivity contribution in [3.63, 3.8) is 0 Å². The van der Waals surface area contributed by atoms with Gasteiger partial charge in [-0.1, -0.05) is 17.7 Å². The van der Waals surface area contributed by atoms with E-state index in [1.54, 1.807) is 4.90 Å². The molecule has 2 aliphatic rings. The summed E-state index contributed by atoms with van der Waals surface area (Å²) in [5.74, 6) is -0.0829. The van der Waals surface area contributed by atoms with Gasteiger partial charge in [-0.05, 0) is 26.0 Å². The molecular weight excluding hydrogens is 278 g/mol. The van der Waals surface area contributed by atoms with Crippen LogP contribution in [0.15, 0.2) is 24.3 Å². The molecule has 2 aliphatic heterocycles. The van der Waals surface area contributed by atoms with Crippen LogP contribution in [0.3, 0.4) is 0 Å². The van der Waals surface area contributed by atoms with Gasteiger partial charge in [-0.25, -0.2) is 4.90 Å². The predicted molar refractivity (Wildman–Crippen MR) is 84.0 cm³/mol. The lowest BCUT2D eigenvalue weighted by atomic mass is 10.1. The minimum absolute atomic E-state index is 0.0243. The summed E-state index contributed by atoms with van der Waals surface area (Å²) in [4.78, 5) is 29.3. The number of aryl methyl sites for hydroxylation is 1. The Labute approximate surface area is 131 Å². The van der Waals surface area contributed by atoms with E-state index in [0.717, 1.165) is 38.3 Å². The molecule has 2 fully saturated rings. The van der Waals surface area contributed by atoms with Crippen molar-refractivity contribution in [1.29, 1.82) is 0 Å². The first-order valence-electron chi connectivity index (χ1n) is 8.21. The normalized spacial score (nSPS) is 29.2. The molecule has 0 bridgehead atoms. The van der Waals surface area contributed by atoms with Crippen molar-refractivity contribution in [3.8, 4) is 0 Å². The Morgan fingerprint density at radius 3 is 2.32 bits per heavy atom. The maximum atomic E-state index is 12.7. The van der Waals surface area contributed by atoms with E-state index < -0.39 is 0 Å². The molecule has 5 heteroatoms. The third-order valence-electron chi connectivity index (χ3n) is 5.03. The zero-order valence-corrected chi connectivity index (χ0v) is 13.4. The molecule has 2 amide bonds. The van der Waals surface area contributed by atoms with E-state index >= 15 is 0 Å². The highest BCUT2D eigenvalue weighted by Crippen LogP contribution is 2.22. The van der Waals surface area contributed by atoms with Gasteiger partial charge in [-0.15, -0.1) is 0 Å². The zero-order chi connectivity index (χ0) is 15.7. The summed E-state index contributed by atoms with van der Waals surface area (Å²) in [5, 5.41) is 0. The summed E-state index contributed by atoms with van der Waals surface area (Å²) in [6.07, 6.45) is 0.351. The van der Waals surface area contributed by atoms with Crippen LogP contribution in [0, 0.1) is 6.92 Å². The number of piperazine rings is 1. The molecule has 1 aromatic carbocycles. The first kappa shape index (κ1) is 15.2. The van der Waals surface area contributed by atoms with Crippen molar-refractivity contribution in [1.82, 2.24) is 0 Å². The standard InChI is InChI=1S/C17H23N3O2/c1-3-18-8-10-19(11-9-18)15-12-16(21)20(17(15)22)14-6-4-13(2)5-7-14/h4-7,15H,3,8-12H2,1-2H3/p+2. The molecule has 0 aliphatic carbocycles. The number of carbonyl (C=O) groups excluding carboxylic acids is 2. The largest absolute Gasteiger partial charge is 0.326 e. The second-order valence-electron chi connectivity index (χ2n) is 6.42. The molecule has 1 unspecified atom stereocenters. The minimum Gasteiger partial charge on any atom is -0.326 e. The van der Waals surface area contributed by atoms with Crippen molar-refractivity contribution < 1.29 is 19.4 Å². The fourth-order valence-corrected chi connectivity index (χ4v) is 3.54. The van der Waals surface area contributed by atoms with Gasteiger partial charge in [-0.3, -0.25) is 9.59 Å². The summed E-state index contributed by atoms with van der Waals surface area (Å²) in [6, 6.07) is 7.43. The highest BCUT2D eigenvalue weighted by molar-refractivity contribution is 6.21. The van der Waals surface area contributed by atoms with Crippen LogP contribution in [0.5, 0.6) is 0 Å². The van der Waals surface area contributed by atoms with Gasteiger partial charge in [0, 0.05) is 0 Å². The molecule has 1 atom stereocenters. The van der Waals surface area contributed by atoms with Gasteiger partial charge in [-0.2, -0.15) is 0 Å². The Hall–Kier alpha value is -1.72. The van der Waals surface area contributed by atoms with Crippen LogP contribution in [-0.2, 0) is 9.59 Å². The van der Waals surface area contributed by atoms with Crippen molar-refractivity contribution in [3.05, 3.63) is 29.8 Å². The molecule has 1 aromatic rings. The Balaban J connectivity index is 1.73. The quantitative estimate of drug-likeness (QED) is 0.663. The predicted octanol–water partition coefficient (Wildman–Crippen LogP) is -1.57. The Morgan fingerprint density at radius 1 is 1.09 bits per heavy atom. The average molecular weight is 303 g/mol. The van der Waals surface area contributed by atoms with Crippen LogP contribution in [0.4, 0.5) is 5.69 Å². The molecule has 3 rings (SSSR count). The van der Waals surface area contributed by atoms with Crippen molar-refractivity contribution in [2.24, 2.45) is 0 Å². The van der Waals surface area contributed by atoms with Crippen molar-refractivity contribution >= 4 is 17.5 Å². The number of rotatable bonds is 3. The van der Waals surface area contributed by atoms with E-state index in [1.807, 2.05) is 31.2 Å². The Morgan fingerprint density at radius 2 is 1.73 bits per heavy atom.